The number of hydrogen-bond acceptors (Lipinski definition) is 1. The fourth-order valence-corrected chi connectivity index (χ4v) is 6.74. The second-order valence-electron chi connectivity index (χ2n) is 9.87. The maximum atomic E-state index is 6.04. The van der Waals surface area contributed by atoms with Gasteiger partial charge in [-0.1, -0.05) is 58.9 Å². The van der Waals surface area contributed by atoms with Crippen LogP contribution in [0.1, 0.15) is 16.9 Å². The molecule has 0 aliphatic rings. The summed E-state index contributed by atoms with van der Waals surface area (Å²) >= 11 is 0. The lowest BCUT2D eigenvalue weighted by Crippen LogP contribution is -2.29. The summed E-state index contributed by atoms with van der Waals surface area (Å²) in [4.78, 5) is 0. The first-order valence-electron chi connectivity index (χ1n) is 7.85. The van der Waals surface area contributed by atoms with Crippen LogP contribution in [0.3, 0.4) is 0 Å². The molecule has 0 amide bonds. The van der Waals surface area contributed by atoms with Crippen molar-refractivity contribution in [3.05, 3.63) is 23.2 Å². The highest BCUT2D eigenvalue weighted by Crippen LogP contribution is 2.27. The average molecular weight is 327 g/mol. The third kappa shape index (κ3) is 6.59. The van der Waals surface area contributed by atoms with Crippen molar-refractivity contribution >= 4 is 24.2 Å². The van der Waals surface area contributed by atoms with E-state index in [-0.39, 0.29) is 0 Å². The van der Waals surface area contributed by atoms with E-state index in [1.807, 2.05) is 0 Å². The molecule has 1 aromatic heterocycles. The van der Waals surface area contributed by atoms with Crippen LogP contribution < -0.4 is 0 Å². The molecule has 0 atom stereocenters. The van der Waals surface area contributed by atoms with Gasteiger partial charge in [0.15, 0.2) is 0 Å². The van der Waals surface area contributed by atoms with Crippen LogP contribution in [0.5, 0.6) is 0 Å². The van der Waals surface area contributed by atoms with Gasteiger partial charge in [0.1, 0.15) is 5.76 Å². The van der Waals surface area contributed by atoms with Gasteiger partial charge in [0, 0.05) is 22.2 Å². The Kier molecular flexibility index (Phi) is 5.37. The zero-order valence-electron chi connectivity index (χ0n) is 15.1. The standard InChI is InChI=1S/C16H34OSi3/c1-18(2,3)11-14-10-17-16(13-20(7,8)9)15(14)12-19(4,5)6/h10H,11-13H2,1-9H3. The first-order valence-corrected chi connectivity index (χ1v) is 19.0. The van der Waals surface area contributed by atoms with Gasteiger partial charge in [-0.3, -0.25) is 0 Å². The summed E-state index contributed by atoms with van der Waals surface area (Å²) in [6, 6.07) is 3.74. The van der Waals surface area contributed by atoms with E-state index in [2.05, 4.69) is 65.2 Å². The molecular weight excluding hydrogens is 292 g/mol. The molecule has 1 heterocycles. The molecule has 0 aliphatic heterocycles. The van der Waals surface area contributed by atoms with E-state index in [1.165, 1.54) is 29.5 Å². The maximum Gasteiger partial charge on any atom is 0.104 e. The fraction of sp³-hybridized carbons (Fsp3) is 0.750. The van der Waals surface area contributed by atoms with Crippen LogP contribution in [0.2, 0.25) is 58.9 Å². The lowest BCUT2D eigenvalue weighted by Gasteiger charge is -2.21. The van der Waals surface area contributed by atoms with E-state index in [9.17, 15) is 0 Å². The van der Waals surface area contributed by atoms with E-state index in [0.29, 0.717) is 0 Å². The van der Waals surface area contributed by atoms with E-state index in [0.717, 1.165) is 0 Å². The van der Waals surface area contributed by atoms with E-state index in [4.69, 9.17) is 4.42 Å². The Morgan fingerprint density at radius 3 is 1.55 bits per heavy atom. The summed E-state index contributed by atoms with van der Waals surface area (Å²) < 4.78 is 6.04. The van der Waals surface area contributed by atoms with Crippen LogP contribution in [0, 0.1) is 0 Å². The Morgan fingerprint density at radius 1 is 0.700 bits per heavy atom. The van der Waals surface area contributed by atoms with Crippen molar-refractivity contribution in [2.75, 3.05) is 0 Å². The summed E-state index contributed by atoms with van der Waals surface area (Å²) in [7, 11) is -3.30. The van der Waals surface area contributed by atoms with Crippen LogP contribution in [-0.4, -0.2) is 24.2 Å². The van der Waals surface area contributed by atoms with Crippen molar-refractivity contribution in [2.45, 2.75) is 77.1 Å². The van der Waals surface area contributed by atoms with Crippen molar-refractivity contribution in [1.82, 2.24) is 0 Å². The van der Waals surface area contributed by atoms with Crippen LogP contribution in [0.15, 0.2) is 10.7 Å². The van der Waals surface area contributed by atoms with Crippen molar-refractivity contribution in [3.8, 4) is 0 Å². The minimum atomic E-state index is -1.12. The van der Waals surface area contributed by atoms with Gasteiger partial charge >= 0.3 is 0 Å². The lowest BCUT2D eigenvalue weighted by molar-refractivity contribution is 0.522. The molecule has 1 aromatic rings. The highest BCUT2D eigenvalue weighted by molar-refractivity contribution is 6.77. The summed E-state index contributed by atoms with van der Waals surface area (Å²) in [6.07, 6.45) is 2.09. The van der Waals surface area contributed by atoms with Gasteiger partial charge in [0.25, 0.3) is 0 Å². The molecule has 4 heteroatoms. The van der Waals surface area contributed by atoms with Crippen LogP contribution in [0.25, 0.3) is 0 Å². The normalized spacial score (nSPS) is 13.8. The van der Waals surface area contributed by atoms with Gasteiger partial charge in [0.2, 0.25) is 0 Å². The predicted octanol–water partition coefficient (Wildman–Crippen LogP) is 5.54. The Bertz CT molecular complexity index is 408. The van der Waals surface area contributed by atoms with E-state index < -0.39 is 24.2 Å². The van der Waals surface area contributed by atoms with Crippen LogP contribution in [0.4, 0.5) is 0 Å². The molecule has 0 fully saturated rings. The van der Waals surface area contributed by atoms with Crippen molar-refractivity contribution < 1.29 is 4.42 Å². The number of rotatable bonds is 6. The van der Waals surface area contributed by atoms with Gasteiger partial charge in [-0.05, 0) is 23.2 Å². The SMILES string of the molecule is C[Si](C)(C)Cc1coc(C[Si](C)(C)C)c1C[Si](C)(C)C. The topological polar surface area (TPSA) is 13.1 Å². The van der Waals surface area contributed by atoms with Gasteiger partial charge in [0.05, 0.1) is 14.3 Å². The minimum Gasteiger partial charge on any atom is -0.469 e. The highest BCUT2D eigenvalue weighted by Gasteiger charge is 2.27. The summed E-state index contributed by atoms with van der Waals surface area (Å²) in [5.74, 6) is 1.32. The molecule has 0 saturated heterocycles. The van der Waals surface area contributed by atoms with E-state index >= 15 is 0 Å². The number of hydrogen-bond donors (Lipinski definition) is 0. The van der Waals surface area contributed by atoms with Gasteiger partial charge < -0.3 is 4.42 Å². The summed E-state index contributed by atoms with van der Waals surface area (Å²) in [5, 5.41) is 0. The number of furan rings is 1. The van der Waals surface area contributed by atoms with Gasteiger partial charge in [-0.2, -0.15) is 0 Å². The molecule has 1 rings (SSSR count). The minimum absolute atomic E-state index is 1.08. The largest absolute Gasteiger partial charge is 0.469 e. The van der Waals surface area contributed by atoms with Gasteiger partial charge in [-0.15, -0.1) is 0 Å². The quantitative estimate of drug-likeness (QED) is 0.626. The molecule has 0 saturated carbocycles. The zero-order valence-corrected chi connectivity index (χ0v) is 18.1. The highest BCUT2D eigenvalue weighted by atomic mass is 28.3. The molecule has 0 bridgehead atoms. The third-order valence-electron chi connectivity index (χ3n) is 3.19. The Hall–Kier alpha value is -0.0694. The predicted molar refractivity (Wildman–Crippen MR) is 99.9 cm³/mol. The monoisotopic (exact) mass is 326 g/mol. The first kappa shape index (κ1) is 18.0. The molecule has 116 valence electrons. The third-order valence-corrected chi connectivity index (χ3v) is 7.42. The second kappa shape index (κ2) is 5.97. The smallest absolute Gasteiger partial charge is 0.104 e. The molecule has 0 spiro atoms. The van der Waals surface area contributed by atoms with Crippen molar-refractivity contribution in [2.24, 2.45) is 0 Å². The fourth-order valence-electron chi connectivity index (χ4n) is 2.56. The Balaban J connectivity index is 3.12. The molecule has 20 heavy (non-hydrogen) atoms. The molecule has 0 radical (unpaired) electrons. The molecule has 0 unspecified atom stereocenters. The van der Waals surface area contributed by atoms with E-state index in [1.54, 1.807) is 5.56 Å². The van der Waals surface area contributed by atoms with Crippen LogP contribution >= 0.6 is 0 Å². The maximum absolute atomic E-state index is 6.04. The lowest BCUT2D eigenvalue weighted by atomic mass is 10.2. The zero-order chi connectivity index (χ0) is 15.8. The second-order valence-corrected chi connectivity index (χ2v) is 26.3. The van der Waals surface area contributed by atoms with Gasteiger partial charge in [-0.25, -0.2) is 0 Å². The van der Waals surface area contributed by atoms with Crippen molar-refractivity contribution in [1.29, 1.82) is 0 Å². The molecule has 0 N–H and O–H groups in total. The molecule has 0 aromatic carbocycles. The Morgan fingerprint density at radius 2 is 1.15 bits per heavy atom. The molecule has 0 aliphatic carbocycles. The molecular formula is C16H34OSi3. The van der Waals surface area contributed by atoms with Crippen LogP contribution in [-0.2, 0) is 18.1 Å². The average Bonchev–Trinajstić information content (AvgIpc) is 2.42. The summed E-state index contributed by atoms with van der Waals surface area (Å²) in [5.41, 5.74) is 3.12. The first-order chi connectivity index (χ1) is 8.77. The summed E-state index contributed by atoms with van der Waals surface area (Å²) in [6.45, 7) is 22.1. The Labute approximate surface area is 129 Å². The molecule has 1 nitrogen and oxygen atoms in total. The van der Waals surface area contributed by atoms with Crippen molar-refractivity contribution in [3.63, 3.8) is 0 Å².